The van der Waals surface area contributed by atoms with E-state index in [1.165, 1.54) is 6.92 Å². The second-order valence-corrected chi connectivity index (χ2v) is 3.24. The Hall–Kier alpha value is -1.84. The molecule has 0 aliphatic carbocycles. The van der Waals surface area contributed by atoms with E-state index in [9.17, 15) is 9.59 Å². The Kier molecular flexibility index (Phi) is 3.44. The van der Waals surface area contributed by atoms with Crippen molar-refractivity contribution in [3.63, 3.8) is 0 Å². The van der Waals surface area contributed by atoms with Gasteiger partial charge in [0.1, 0.15) is 0 Å². The van der Waals surface area contributed by atoms with Gasteiger partial charge in [0.05, 0.1) is 11.3 Å². The third-order valence-electron chi connectivity index (χ3n) is 2.10. The van der Waals surface area contributed by atoms with Crippen LogP contribution < -0.4 is 11.1 Å². The van der Waals surface area contributed by atoms with Gasteiger partial charge in [-0.25, -0.2) is 0 Å². The summed E-state index contributed by atoms with van der Waals surface area (Å²) in [5, 5.41) is 2.63. The number of para-hydroxylation sites is 1. The monoisotopic (exact) mass is 206 g/mol. The van der Waals surface area contributed by atoms with E-state index >= 15 is 0 Å². The van der Waals surface area contributed by atoms with E-state index in [1.807, 2.05) is 13.0 Å². The number of hydrogen-bond acceptors (Lipinski definition) is 2. The fourth-order valence-corrected chi connectivity index (χ4v) is 1.42. The van der Waals surface area contributed by atoms with Crippen molar-refractivity contribution >= 4 is 17.5 Å². The van der Waals surface area contributed by atoms with Gasteiger partial charge in [-0.2, -0.15) is 0 Å². The van der Waals surface area contributed by atoms with Crippen LogP contribution in [0.5, 0.6) is 0 Å². The molecule has 1 rings (SSSR count). The van der Waals surface area contributed by atoms with Gasteiger partial charge in [-0.3, -0.25) is 9.59 Å². The van der Waals surface area contributed by atoms with Gasteiger partial charge < -0.3 is 11.1 Å². The Bertz CT molecular complexity index is 400. The topological polar surface area (TPSA) is 72.2 Å². The van der Waals surface area contributed by atoms with Gasteiger partial charge in [0, 0.05) is 6.92 Å². The van der Waals surface area contributed by atoms with E-state index in [0.717, 1.165) is 12.0 Å². The Labute approximate surface area is 88.5 Å². The molecule has 0 saturated heterocycles. The summed E-state index contributed by atoms with van der Waals surface area (Å²) >= 11 is 0. The number of amides is 2. The molecule has 0 aliphatic rings. The van der Waals surface area contributed by atoms with Crippen LogP contribution in [0.15, 0.2) is 18.2 Å². The van der Waals surface area contributed by atoms with Crippen molar-refractivity contribution < 1.29 is 9.59 Å². The number of hydrogen-bond donors (Lipinski definition) is 2. The molecule has 4 nitrogen and oxygen atoms in total. The largest absolute Gasteiger partial charge is 0.366 e. The maximum Gasteiger partial charge on any atom is 0.250 e. The van der Waals surface area contributed by atoms with Gasteiger partial charge in [0.25, 0.3) is 5.91 Å². The summed E-state index contributed by atoms with van der Waals surface area (Å²) in [6.45, 7) is 3.35. The standard InChI is InChI=1S/C11H14N2O2/c1-3-8-5-4-6-9(11(12)15)10(8)13-7(2)14/h4-6H,3H2,1-2H3,(H2,12,15)(H,13,14). The van der Waals surface area contributed by atoms with E-state index in [4.69, 9.17) is 5.73 Å². The van der Waals surface area contributed by atoms with E-state index in [2.05, 4.69) is 5.32 Å². The minimum Gasteiger partial charge on any atom is -0.366 e. The first-order valence-electron chi connectivity index (χ1n) is 4.75. The van der Waals surface area contributed by atoms with Gasteiger partial charge >= 0.3 is 0 Å². The molecule has 1 aromatic rings. The zero-order chi connectivity index (χ0) is 11.4. The molecule has 0 heterocycles. The number of nitrogens with one attached hydrogen (secondary N) is 1. The summed E-state index contributed by atoms with van der Waals surface area (Å²) in [6, 6.07) is 5.22. The molecule has 1 aromatic carbocycles. The molecule has 0 unspecified atom stereocenters. The molecule has 0 bridgehead atoms. The summed E-state index contributed by atoms with van der Waals surface area (Å²) in [5.41, 5.74) is 7.01. The maximum atomic E-state index is 11.1. The van der Waals surface area contributed by atoms with Crippen LogP contribution in [0.25, 0.3) is 0 Å². The number of nitrogens with two attached hydrogens (primary N) is 1. The lowest BCUT2D eigenvalue weighted by Gasteiger charge is -2.11. The van der Waals surface area contributed by atoms with Gasteiger partial charge in [-0.1, -0.05) is 19.1 Å². The van der Waals surface area contributed by atoms with Crippen LogP contribution in [0, 0.1) is 0 Å². The average molecular weight is 206 g/mol. The van der Waals surface area contributed by atoms with Crippen molar-refractivity contribution in [1.29, 1.82) is 0 Å². The zero-order valence-corrected chi connectivity index (χ0v) is 8.83. The van der Waals surface area contributed by atoms with E-state index in [-0.39, 0.29) is 5.91 Å². The third-order valence-corrected chi connectivity index (χ3v) is 2.10. The summed E-state index contributed by atoms with van der Waals surface area (Å²) < 4.78 is 0. The van der Waals surface area contributed by atoms with Crippen molar-refractivity contribution in [3.05, 3.63) is 29.3 Å². The Balaban J connectivity index is 3.26. The van der Waals surface area contributed by atoms with Crippen LogP contribution in [0.4, 0.5) is 5.69 Å². The quantitative estimate of drug-likeness (QED) is 0.782. The Morgan fingerprint density at radius 2 is 2.07 bits per heavy atom. The minimum absolute atomic E-state index is 0.210. The maximum absolute atomic E-state index is 11.1. The number of anilines is 1. The number of primary amides is 1. The van der Waals surface area contributed by atoms with Crippen LogP contribution in [-0.4, -0.2) is 11.8 Å². The summed E-state index contributed by atoms with van der Waals surface area (Å²) in [6.07, 6.45) is 0.733. The fourth-order valence-electron chi connectivity index (χ4n) is 1.42. The summed E-state index contributed by atoms with van der Waals surface area (Å²) in [5.74, 6) is -0.743. The molecule has 0 saturated carbocycles. The second kappa shape index (κ2) is 4.59. The number of carbonyl (C=O) groups is 2. The number of carbonyl (C=O) groups excluding carboxylic acids is 2. The summed E-state index contributed by atoms with van der Waals surface area (Å²) in [7, 11) is 0. The van der Waals surface area contributed by atoms with Crippen LogP contribution in [0.2, 0.25) is 0 Å². The van der Waals surface area contributed by atoms with Crippen molar-refractivity contribution in [2.45, 2.75) is 20.3 Å². The van der Waals surface area contributed by atoms with Crippen LogP contribution in [0.3, 0.4) is 0 Å². The molecule has 0 aliphatic heterocycles. The van der Waals surface area contributed by atoms with Gasteiger partial charge in [0.15, 0.2) is 0 Å². The zero-order valence-electron chi connectivity index (χ0n) is 8.83. The molecule has 0 aromatic heterocycles. The molecule has 0 spiro atoms. The first-order valence-corrected chi connectivity index (χ1v) is 4.75. The van der Waals surface area contributed by atoms with Gasteiger partial charge in [-0.05, 0) is 18.1 Å². The number of rotatable bonds is 3. The minimum atomic E-state index is -0.533. The Morgan fingerprint density at radius 1 is 1.40 bits per heavy atom. The highest BCUT2D eigenvalue weighted by Crippen LogP contribution is 2.21. The highest BCUT2D eigenvalue weighted by molar-refractivity contribution is 6.03. The van der Waals surface area contributed by atoms with E-state index in [0.29, 0.717) is 11.3 Å². The predicted molar refractivity (Wildman–Crippen MR) is 58.6 cm³/mol. The predicted octanol–water partition coefficient (Wildman–Crippen LogP) is 1.31. The van der Waals surface area contributed by atoms with Crippen LogP contribution >= 0.6 is 0 Å². The average Bonchev–Trinajstić information content (AvgIpc) is 2.16. The van der Waals surface area contributed by atoms with Crippen molar-refractivity contribution in [3.8, 4) is 0 Å². The molecule has 3 N–H and O–H groups in total. The molecule has 15 heavy (non-hydrogen) atoms. The highest BCUT2D eigenvalue weighted by Gasteiger charge is 2.12. The normalized spacial score (nSPS) is 9.73. The first kappa shape index (κ1) is 11.2. The SMILES string of the molecule is CCc1cccc(C(N)=O)c1NC(C)=O. The Morgan fingerprint density at radius 3 is 2.53 bits per heavy atom. The molecule has 0 radical (unpaired) electrons. The van der Waals surface area contributed by atoms with Crippen LogP contribution in [0.1, 0.15) is 29.8 Å². The molecule has 0 fully saturated rings. The van der Waals surface area contributed by atoms with E-state index in [1.54, 1.807) is 12.1 Å². The molecular weight excluding hydrogens is 192 g/mol. The lowest BCUT2D eigenvalue weighted by Crippen LogP contribution is -2.17. The first-order chi connectivity index (χ1) is 7.06. The van der Waals surface area contributed by atoms with Crippen molar-refractivity contribution in [1.82, 2.24) is 0 Å². The number of benzene rings is 1. The molecular formula is C11H14N2O2. The smallest absolute Gasteiger partial charge is 0.250 e. The molecule has 0 atom stereocenters. The third kappa shape index (κ3) is 2.56. The second-order valence-electron chi connectivity index (χ2n) is 3.24. The van der Waals surface area contributed by atoms with Crippen LogP contribution in [-0.2, 0) is 11.2 Å². The van der Waals surface area contributed by atoms with Gasteiger partial charge in [0.2, 0.25) is 5.91 Å². The summed E-state index contributed by atoms with van der Waals surface area (Å²) in [4.78, 5) is 22.1. The van der Waals surface area contributed by atoms with E-state index < -0.39 is 5.91 Å². The highest BCUT2D eigenvalue weighted by atomic mass is 16.2. The molecule has 2 amide bonds. The molecule has 80 valence electrons. The lowest BCUT2D eigenvalue weighted by molar-refractivity contribution is -0.114. The van der Waals surface area contributed by atoms with Crippen molar-refractivity contribution in [2.75, 3.05) is 5.32 Å². The number of aryl methyl sites for hydroxylation is 1. The molecule has 4 heteroatoms. The lowest BCUT2D eigenvalue weighted by atomic mass is 10.0. The van der Waals surface area contributed by atoms with Gasteiger partial charge in [-0.15, -0.1) is 0 Å². The fraction of sp³-hybridized carbons (Fsp3) is 0.273. The van der Waals surface area contributed by atoms with Crippen molar-refractivity contribution in [2.24, 2.45) is 5.73 Å².